The van der Waals surface area contributed by atoms with Gasteiger partial charge in [-0.05, 0) is 30.5 Å². The van der Waals surface area contributed by atoms with E-state index in [1.165, 1.54) is 4.90 Å². The van der Waals surface area contributed by atoms with E-state index in [9.17, 15) is 14.0 Å². The summed E-state index contributed by atoms with van der Waals surface area (Å²) in [4.78, 5) is 34.4. The molecule has 0 bridgehead atoms. The fourth-order valence-corrected chi connectivity index (χ4v) is 3.45. The molecule has 8 heteroatoms. The molecule has 2 radical (unpaired) electrons. The molecular weight excluding hydrogens is 334 g/mol. The largest absolute Gasteiger partial charge is 0.328 e. The van der Waals surface area contributed by atoms with Gasteiger partial charge in [-0.15, -0.1) is 0 Å². The molecule has 1 saturated carbocycles. The van der Waals surface area contributed by atoms with E-state index in [4.69, 9.17) is 7.85 Å². The van der Waals surface area contributed by atoms with E-state index in [1.807, 2.05) is 6.92 Å². The highest BCUT2D eigenvalue weighted by molar-refractivity contribution is 6.32. The lowest BCUT2D eigenvalue weighted by atomic mass is 9.82. The van der Waals surface area contributed by atoms with Gasteiger partial charge in [0.15, 0.2) is 0 Å². The SMILES string of the molecule is [B]c1ccc2c(c1)[C@]1(CC1F)CN(CC(=O)Nc1ncc(C)cn1)C2=O.[HH]. The second-order valence-electron chi connectivity index (χ2n) is 6.93. The molecule has 2 aromatic rings. The predicted molar refractivity (Wildman–Crippen MR) is 96.4 cm³/mol. The fraction of sp³-hybridized carbons (Fsp3) is 0.333. The maximum absolute atomic E-state index is 14.2. The summed E-state index contributed by atoms with van der Waals surface area (Å²) in [5.41, 5.74) is 1.67. The number of amides is 2. The van der Waals surface area contributed by atoms with Gasteiger partial charge in [-0.3, -0.25) is 14.9 Å². The van der Waals surface area contributed by atoms with E-state index < -0.39 is 17.5 Å². The number of nitrogens with zero attached hydrogens (tertiary/aromatic N) is 3. The van der Waals surface area contributed by atoms with Crippen LogP contribution in [0.15, 0.2) is 30.6 Å². The number of anilines is 1. The minimum Gasteiger partial charge on any atom is -0.328 e. The van der Waals surface area contributed by atoms with Gasteiger partial charge in [0.1, 0.15) is 20.6 Å². The fourth-order valence-electron chi connectivity index (χ4n) is 3.45. The third-order valence-electron chi connectivity index (χ3n) is 4.92. The average molecular weight is 352 g/mol. The summed E-state index contributed by atoms with van der Waals surface area (Å²) < 4.78 is 14.2. The number of carbonyl (C=O) groups excluding carboxylic acids is 2. The van der Waals surface area contributed by atoms with Gasteiger partial charge in [0.2, 0.25) is 11.9 Å². The molecule has 1 aliphatic carbocycles. The number of aryl methyl sites for hydroxylation is 1. The van der Waals surface area contributed by atoms with E-state index in [0.29, 0.717) is 23.0 Å². The van der Waals surface area contributed by atoms with Crippen LogP contribution in [0.25, 0.3) is 0 Å². The Bertz CT molecular complexity index is 911. The number of hydrogen-bond acceptors (Lipinski definition) is 4. The molecule has 4 rings (SSSR count). The number of nitrogens with one attached hydrogen (secondary N) is 1. The maximum Gasteiger partial charge on any atom is 0.254 e. The summed E-state index contributed by atoms with van der Waals surface area (Å²) >= 11 is 0. The number of rotatable bonds is 3. The molecule has 1 fully saturated rings. The zero-order valence-corrected chi connectivity index (χ0v) is 14.2. The predicted octanol–water partition coefficient (Wildman–Crippen LogP) is 0.899. The number of aromatic nitrogens is 2. The van der Waals surface area contributed by atoms with Crippen LogP contribution in [0.3, 0.4) is 0 Å². The van der Waals surface area contributed by atoms with Gasteiger partial charge in [-0.25, -0.2) is 14.4 Å². The van der Waals surface area contributed by atoms with E-state index in [-0.39, 0.29) is 26.4 Å². The van der Waals surface area contributed by atoms with Gasteiger partial charge in [0.05, 0.1) is 0 Å². The van der Waals surface area contributed by atoms with Crippen molar-refractivity contribution in [1.82, 2.24) is 14.9 Å². The van der Waals surface area contributed by atoms with Crippen LogP contribution >= 0.6 is 0 Å². The molecule has 1 aromatic carbocycles. The first kappa shape index (κ1) is 16.7. The second-order valence-corrected chi connectivity index (χ2v) is 6.93. The number of carbonyl (C=O) groups is 2. The summed E-state index contributed by atoms with van der Waals surface area (Å²) in [6.07, 6.45) is 2.46. The van der Waals surface area contributed by atoms with E-state index in [2.05, 4.69) is 15.3 Å². The van der Waals surface area contributed by atoms with Gasteiger partial charge in [0, 0.05) is 31.3 Å². The van der Waals surface area contributed by atoms with Gasteiger partial charge >= 0.3 is 0 Å². The number of fused-ring (bicyclic) bond motifs is 2. The first-order valence-corrected chi connectivity index (χ1v) is 8.31. The van der Waals surface area contributed by atoms with E-state index in [0.717, 1.165) is 5.56 Å². The quantitative estimate of drug-likeness (QED) is 0.833. The van der Waals surface area contributed by atoms with Crippen LogP contribution in [0, 0.1) is 6.92 Å². The van der Waals surface area contributed by atoms with E-state index >= 15 is 0 Å². The van der Waals surface area contributed by atoms with Gasteiger partial charge in [-0.2, -0.15) is 0 Å². The molecule has 1 N–H and O–H groups in total. The molecule has 0 saturated heterocycles. The number of benzene rings is 1. The van der Waals surface area contributed by atoms with Crippen molar-refractivity contribution in [1.29, 1.82) is 0 Å². The molecule has 1 aromatic heterocycles. The van der Waals surface area contributed by atoms with Crippen LogP contribution in [-0.2, 0) is 10.2 Å². The monoisotopic (exact) mass is 352 g/mol. The number of halogens is 1. The molecule has 2 heterocycles. The molecule has 1 aliphatic heterocycles. The van der Waals surface area contributed by atoms with Crippen LogP contribution < -0.4 is 10.8 Å². The summed E-state index contributed by atoms with van der Waals surface area (Å²) in [6, 6.07) is 4.89. The summed E-state index contributed by atoms with van der Waals surface area (Å²) in [5, 5.41) is 2.56. The molecule has 2 aliphatic rings. The molecular formula is C18H18BFN4O2. The van der Waals surface area contributed by atoms with Crippen molar-refractivity contribution in [3.8, 4) is 0 Å². The normalized spacial score (nSPS) is 23.7. The van der Waals surface area contributed by atoms with Crippen molar-refractivity contribution in [2.75, 3.05) is 18.4 Å². The first-order valence-electron chi connectivity index (χ1n) is 8.31. The highest BCUT2D eigenvalue weighted by atomic mass is 19.1. The topological polar surface area (TPSA) is 75.2 Å². The number of alkyl halides is 1. The van der Waals surface area contributed by atoms with Crippen LogP contribution in [-0.4, -0.2) is 53.8 Å². The standard InChI is InChI=1S/C18H16BFN4O2.H2/c1-10-6-21-17(22-7-10)23-15(25)8-24-9-18(5-14(18)20)13-4-11(19)2-3-12(13)16(24)26;/h2-4,6-7,14H,5,8-9H2,1H3,(H,21,22,23,25);1H/t14?,18-;/m0./s1. The molecule has 2 atom stereocenters. The lowest BCUT2D eigenvalue weighted by Gasteiger charge is -2.34. The Labute approximate surface area is 152 Å². The minimum absolute atomic E-state index is 0. The van der Waals surface area contributed by atoms with Crippen LogP contribution in [0.4, 0.5) is 10.3 Å². The Balaban J connectivity index is 0.00000210. The molecule has 1 spiro atoms. The smallest absolute Gasteiger partial charge is 0.254 e. The first-order chi connectivity index (χ1) is 12.4. The average Bonchev–Trinajstić information content (AvgIpc) is 3.25. The molecule has 2 amide bonds. The van der Waals surface area contributed by atoms with Gasteiger partial charge < -0.3 is 4.90 Å². The summed E-state index contributed by atoms with van der Waals surface area (Å²) in [5.74, 6) is -0.556. The van der Waals surface area contributed by atoms with Crippen molar-refractivity contribution in [3.63, 3.8) is 0 Å². The van der Waals surface area contributed by atoms with Gasteiger partial charge in [-0.1, -0.05) is 17.6 Å². The Morgan fingerprint density at radius 3 is 2.81 bits per heavy atom. The van der Waals surface area contributed by atoms with Crippen molar-refractivity contribution in [2.24, 2.45) is 0 Å². The van der Waals surface area contributed by atoms with Crippen LogP contribution in [0.1, 0.15) is 29.3 Å². The number of hydrogen-bond donors (Lipinski definition) is 1. The molecule has 132 valence electrons. The zero-order valence-electron chi connectivity index (χ0n) is 14.2. The second kappa shape index (κ2) is 5.90. The molecule has 1 unspecified atom stereocenters. The summed E-state index contributed by atoms with van der Waals surface area (Å²) in [6.45, 7) is 1.81. The Kier molecular flexibility index (Phi) is 3.79. The molecule has 6 nitrogen and oxygen atoms in total. The lowest BCUT2D eigenvalue weighted by molar-refractivity contribution is -0.117. The van der Waals surface area contributed by atoms with Crippen molar-refractivity contribution >= 4 is 31.1 Å². The summed E-state index contributed by atoms with van der Waals surface area (Å²) in [7, 11) is 5.81. The van der Waals surface area contributed by atoms with Crippen LogP contribution in [0.2, 0.25) is 0 Å². The maximum atomic E-state index is 14.2. The Morgan fingerprint density at radius 2 is 2.15 bits per heavy atom. The zero-order chi connectivity index (χ0) is 18.5. The van der Waals surface area contributed by atoms with Crippen molar-refractivity contribution in [2.45, 2.75) is 24.9 Å². The van der Waals surface area contributed by atoms with Gasteiger partial charge in [0.25, 0.3) is 5.91 Å². The third kappa shape index (κ3) is 2.75. The Morgan fingerprint density at radius 1 is 1.46 bits per heavy atom. The van der Waals surface area contributed by atoms with Crippen molar-refractivity contribution < 1.29 is 15.4 Å². The highest BCUT2D eigenvalue weighted by Gasteiger charge is 2.61. The van der Waals surface area contributed by atoms with Crippen LogP contribution in [0.5, 0.6) is 0 Å². The Hall–Kier alpha value is -2.77. The van der Waals surface area contributed by atoms with E-state index in [1.54, 1.807) is 30.6 Å². The minimum atomic E-state index is -1.04. The highest BCUT2D eigenvalue weighted by Crippen LogP contribution is 2.54. The lowest BCUT2D eigenvalue weighted by Crippen LogP contribution is -2.48. The third-order valence-corrected chi connectivity index (χ3v) is 4.92. The molecule has 26 heavy (non-hydrogen) atoms. The van der Waals surface area contributed by atoms with Crippen molar-refractivity contribution in [3.05, 3.63) is 47.3 Å².